The smallest absolute Gasteiger partial charge is 0.323 e. The van der Waals surface area contributed by atoms with Crippen molar-refractivity contribution in [2.24, 2.45) is 0 Å². The molecule has 23 heavy (non-hydrogen) atoms. The number of methoxy groups -OCH3 is 2. The third-order valence-corrected chi connectivity index (χ3v) is 3.98. The number of hydrogen-bond donors (Lipinski definition) is 0. The van der Waals surface area contributed by atoms with Crippen LogP contribution in [0.25, 0.3) is 0 Å². The lowest BCUT2D eigenvalue weighted by Crippen LogP contribution is -2.37. The zero-order valence-corrected chi connectivity index (χ0v) is 14.9. The van der Waals surface area contributed by atoms with Gasteiger partial charge in [-0.1, -0.05) is 51.2 Å². The van der Waals surface area contributed by atoms with E-state index in [-0.39, 0.29) is 5.78 Å². The molecule has 0 fully saturated rings. The molecule has 0 bridgehead atoms. The number of carbonyl (C=O) groups is 1. The third kappa shape index (κ3) is 6.71. The van der Waals surface area contributed by atoms with Crippen LogP contribution in [-0.2, 0) is 9.47 Å². The maximum atomic E-state index is 12.5. The molecule has 130 valence electrons. The largest absolute Gasteiger partial charge is 0.438 e. The van der Waals surface area contributed by atoms with Gasteiger partial charge in [-0.3, -0.25) is 4.79 Å². The van der Waals surface area contributed by atoms with Crippen molar-refractivity contribution in [1.29, 1.82) is 0 Å². The number of ether oxygens (including phenoxy) is 3. The summed E-state index contributed by atoms with van der Waals surface area (Å²) in [5, 5.41) is 0. The van der Waals surface area contributed by atoms with E-state index in [0.717, 1.165) is 12.8 Å². The minimum absolute atomic E-state index is 0.102. The molecule has 0 N–H and O–H groups in total. The van der Waals surface area contributed by atoms with E-state index in [9.17, 15) is 4.79 Å². The summed E-state index contributed by atoms with van der Waals surface area (Å²) in [7, 11) is 3.01. The van der Waals surface area contributed by atoms with Crippen molar-refractivity contribution in [1.82, 2.24) is 0 Å². The summed E-state index contributed by atoms with van der Waals surface area (Å²) in [5.41, 5.74) is 0.585. The predicted octanol–water partition coefficient (Wildman–Crippen LogP) is 4.97. The topological polar surface area (TPSA) is 44.8 Å². The SMILES string of the molecule is CCCCCCCCC(=O)c1ccccc1OC(C)(OC)OC. The van der Waals surface area contributed by atoms with E-state index in [1.54, 1.807) is 19.1 Å². The Morgan fingerprint density at radius 3 is 2.26 bits per heavy atom. The third-order valence-electron chi connectivity index (χ3n) is 3.98. The average molecular weight is 322 g/mol. The molecule has 1 aromatic carbocycles. The Balaban J connectivity index is 2.60. The second kappa shape index (κ2) is 10.4. The monoisotopic (exact) mass is 322 g/mol. The van der Waals surface area contributed by atoms with Crippen LogP contribution >= 0.6 is 0 Å². The van der Waals surface area contributed by atoms with E-state index in [1.165, 1.54) is 39.9 Å². The van der Waals surface area contributed by atoms with Crippen molar-refractivity contribution in [3.8, 4) is 5.75 Å². The molecule has 0 aromatic heterocycles. The molecule has 0 saturated carbocycles. The van der Waals surface area contributed by atoms with Gasteiger partial charge in [-0.15, -0.1) is 0 Å². The maximum absolute atomic E-state index is 12.5. The van der Waals surface area contributed by atoms with Gasteiger partial charge in [0, 0.05) is 27.6 Å². The molecule has 0 spiro atoms. The summed E-state index contributed by atoms with van der Waals surface area (Å²) < 4.78 is 16.2. The Kier molecular flexibility index (Phi) is 8.89. The number of rotatable bonds is 12. The maximum Gasteiger partial charge on any atom is 0.323 e. The zero-order valence-electron chi connectivity index (χ0n) is 14.9. The molecular formula is C19H30O4. The molecule has 0 radical (unpaired) electrons. The van der Waals surface area contributed by atoms with Crippen LogP contribution in [-0.4, -0.2) is 26.0 Å². The van der Waals surface area contributed by atoms with Crippen LogP contribution in [0.15, 0.2) is 24.3 Å². The molecular weight excluding hydrogens is 292 g/mol. The van der Waals surface area contributed by atoms with Crippen LogP contribution in [0.2, 0.25) is 0 Å². The zero-order chi connectivity index (χ0) is 17.1. The highest BCUT2D eigenvalue weighted by molar-refractivity contribution is 5.98. The van der Waals surface area contributed by atoms with Gasteiger partial charge in [-0.25, -0.2) is 0 Å². The van der Waals surface area contributed by atoms with E-state index in [4.69, 9.17) is 14.2 Å². The fourth-order valence-corrected chi connectivity index (χ4v) is 2.35. The lowest BCUT2D eigenvalue weighted by molar-refractivity contribution is -0.309. The van der Waals surface area contributed by atoms with Crippen molar-refractivity contribution in [2.75, 3.05) is 14.2 Å². The first-order valence-corrected chi connectivity index (χ1v) is 8.48. The van der Waals surface area contributed by atoms with Gasteiger partial charge in [-0.05, 0) is 18.6 Å². The van der Waals surface area contributed by atoms with Crippen molar-refractivity contribution >= 4 is 5.78 Å². The highest BCUT2D eigenvalue weighted by Gasteiger charge is 2.27. The van der Waals surface area contributed by atoms with Gasteiger partial charge in [-0.2, -0.15) is 0 Å². The van der Waals surface area contributed by atoms with Crippen molar-refractivity contribution < 1.29 is 19.0 Å². The molecule has 0 saturated heterocycles. The molecule has 0 aliphatic rings. The molecule has 1 aromatic rings. The number of hydrogen-bond acceptors (Lipinski definition) is 4. The molecule has 0 aliphatic carbocycles. The first-order valence-electron chi connectivity index (χ1n) is 8.48. The summed E-state index contributed by atoms with van der Waals surface area (Å²) in [6.07, 6.45) is 7.53. The predicted molar refractivity (Wildman–Crippen MR) is 91.8 cm³/mol. The van der Waals surface area contributed by atoms with E-state index in [1.807, 2.05) is 12.1 Å². The number of benzene rings is 1. The Hall–Kier alpha value is -1.39. The molecule has 4 nitrogen and oxygen atoms in total. The van der Waals surface area contributed by atoms with Crippen LogP contribution in [0, 0.1) is 0 Å². The lowest BCUT2D eigenvalue weighted by Gasteiger charge is -2.27. The van der Waals surface area contributed by atoms with Crippen LogP contribution in [0.4, 0.5) is 0 Å². The number of Topliss-reactive ketones (excluding diaryl/α,β-unsaturated/α-hetero) is 1. The van der Waals surface area contributed by atoms with Gasteiger partial charge in [0.25, 0.3) is 0 Å². The van der Waals surface area contributed by atoms with Gasteiger partial charge in [0.05, 0.1) is 5.56 Å². The van der Waals surface area contributed by atoms with Gasteiger partial charge in [0.2, 0.25) is 0 Å². The number of unbranched alkanes of at least 4 members (excludes halogenated alkanes) is 5. The molecule has 0 amide bonds. The summed E-state index contributed by atoms with van der Waals surface area (Å²) in [6.45, 7) is 3.87. The van der Waals surface area contributed by atoms with Crippen molar-refractivity contribution in [2.45, 2.75) is 64.8 Å². The molecule has 0 atom stereocenters. The van der Waals surface area contributed by atoms with Crippen molar-refractivity contribution in [3.63, 3.8) is 0 Å². The quantitative estimate of drug-likeness (QED) is 0.310. The Morgan fingerprint density at radius 1 is 1.00 bits per heavy atom. The fourth-order valence-electron chi connectivity index (χ4n) is 2.35. The van der Waals surface area contributed by atoms with Crippen molar-refractivity contribution in [3.05, 3.63) is 29.8 Å². The highest BCUT2D eigenvalue weighted by Crippen LogP contribution is 2.26. The van der Waals surface area contributed by atoms with E-state index in [2.05, 4.69) is 6.92 Å². The summed E-state index contributed by atoms with van der Waals surface area (Å²) in [6, 6.07) is 7.24. The average Bonchev–Trinajstić information content (AvgIpc) is 2.58. The van der Waals surface area contributed by atoms with E-state index >= 15 is 0 Å². The lowest BCUT2D eigenvalue weighted by atomic mass is 10.0. The minimum atomic E-state index is -1.20. The van der Waals surface area contributed by atoms with Gasteiger partial charge < -0.3 is 14.2 Å². The van der Waals surface area contributed by atoms with Crippen LogP contribution in [0.5, 0.6) is 5.75 Å². The van der Waals surface area contributed by atoms with Gasteiger partial charge in [0.1, 0.15) is 5.75 Å². The summed E-state index contributed by atoms with van der Waals surface area (Å²) in [5.74, 6) is -0.600. The standard InChI is InChI=1S/C19H30O4/c1-5-6-7-8-9-10-14-17(20)16-13-11-12-15-18(16)23-19(2,21-3)22-4/h11-13,15H,5-10,14H2,1-4H3. The first kappa shape index (κ1) is 19.7. The van der Waals surface area contributed by atoms with Crippen LogP contribution in [0.3, 0.4) is 0 Å². The number of ketones is 1. The molecule has 4 heteroatoms. The minimum Gasteiger partial charge on any atom is -0.438 e. The number of para-hydroxylation sites is 1. The second-order valence-electron chi connectivity index (χ2n) is 5.81. The molecule has 0 aliphatic heterocycles. The highest BCUT2D eigenvalue weighted by atomic mass is 16.9. The normalized spacial score (nSPS) is 11.5. The Labute approximate surface area is 140 Å². The summed E-state index contributed by atoms with van der Waals surface area (Å²) >= 11 is 0. The first-order chi connectivity index (χ1) is 11.1. The van der Waals surface area contributed by atoms with Gasteiger partial charge in [0.15, 0.2) is 5.78 Å². The molecule has 0 heterocycles. The molecule has 0 unspecified atom stereocenters. The van der Waals surface area contributed by atoms with Gasteiger partial charge >= 0.3 is 5.97 Å². The number of carbonyl (C=O) groups excluding carboxylic acids is 1. The Morgan fingerprint density at radius 2 is 1.61 bits per heavy atom. The van der Waals surface area contributed by atoms with Crippen LogP contribution < -0.4 is 4.74 Å². The van der Waals surface area contributed by atoms with E-state index < -0.39 is 5.97 Å². The summed E-state index contributed by atoms with van der Waals surface area (Å²) in [4.78, 5) is 12.5. The molecule has 1 rings (SSSR count). The van der Waals surface area contributed by atoms with Crippen LogP contribution in [0.1, 0.15) is 69.2 Å². The Bertz CT molecular complexity index is 466. The fraction of sp³-hybridized carbons (Fsp3) is 0.632. The second-order valence-corrected chi connectivity index (χ2v) is 5.81. The van der Waals surface area contributed by atoms with E-state index in [0.29, 0.717) is 17.7 Å².